The van der Waals surface area contributed by atoms with Crippen LogP contribution in [0.2, 0.25) is 0 Å². The van der Waals surface area contributed by atoms with Crippen molar-refractivity contribution in [3.8, 4) is 0 Å². The van der Waals surface area contributed by atoms with Crippen molar-refractivity contribution in [2.24, 2.45) is 11.7 Å². The molecule has 1 nitrogen and oxygen atoms in total. The van der Waals surface area contributed by atoms with Gasteiger partial charge in [-0.05, 0) is 19.3 Å². The molecule has 0 aromatic heterocycles. The molecule has 0 saturated heterocycles. The first kappa shape index (κ1) is 6.09. The molecule has 0 aromatic rings. The van der Waals surface area contributed by atoms with E-state index in [-0.39, 0.29) is 0 Å². The SMILES string of the molecule is CC(N)CC1CCC1. The van der Waals surface area contributed by atoms with E-state index in [1.54, 1.807) is 0 Å². The third kappa shape index (κ3) is 1.48. The van der Waals surface area contributed by atoms with Crippen molar-refractivity contribution in [1.82, 2.24) is 0 Å². The molecule has 0 aliphatic heterocycles. The van der Waals surface area contributed by atoms with Crippen molar-refractivity contribution in [2.75, 3.05) is 0 Å². The summed E-state index contributed by atoms with van der Waals surface area (Å²) >= 11 is 0. The molecule has 1 unspecified atom stereocenters. The maximum absolute atomic E-state index is 5.60. The summed E-state index contributed by atoms with van der Waals surface area (Å²) in [6.07, 6.45) is 5.56. The lowest BCUT2D eigenvalue weighted by Gasteiger charge is -2.26. The fourth-order valence-electron chi connectivity index (χ4n) is 1.25. The van der Waals surface area contributed by atoms with Gasteiger partial charge in [-0.25, -0.2) is 0 Å². The lowest BCUT2D eigenvalue weighted by atomic mass is 9.81. The van der Waals surface area contributed by atoms with Crippen LogP contribution in [0.1, 0.15) is 32.6 Å². The van der Waals surface area contributed by atoms with Crippen LogP contribution >= 0.6 is 0 Å². The quantitative estimate of drug-likeness (QED) is 0.577. The minimum atomic E-state index is 0.431. The molecule has 0 spiro atoms. The Hall–Kier alpha value is -0.0400. The molecule has 1 atom stereocenters. The average molecular weight is 113 g/mol. The summed E-state index contributed by atoms with van der Waals surface area (Å²) in [4.78, 5) is 0. The minimum absolute atomic E-state index is 0.431. The van der Waals surface area contributed by atoms with Crippen LogP contribution in [0, 0.1) is 5.92 Å². The lowest BCUT2D eigenvalue weighted by molar-refractivity contribution is 0.281. The van der Waals surface area contributed by atoms with Gasteiger partial charge in [0.1, 0.15) is 0 Å². The molecule has 1 rings (SSSR count). The van der Waals surface area contributed by atoms with Crippen molar-refractivity contribution < 1.29 is 0 Å². The Morgan fingerprint density at radius 3 is 2.38 bits per heavy atom. The van der Waals surface area contributed by atoms with Crippen LogP contribution in [0.5, 0.6) is 0 Å². The second-order valence-electron chi connectivity index (χ2n) is 3.01. The Kier molecular flexibility index (Phi) is 1.90. The Labute approximate surface area is 51.3 Å². The van der Waals surface area contributed by atoms with Gasteiger partial charge in [0.25, 0.3) is 0 Å². The summed E-state index contributed by atoms with van der Waals surface area (Å²) in [7, 11) is 0. The second kappa shape index (κ2) is 2.49. The Balaban J connectivity index is 2.01. The van der Waals surface area contributed by atoms with E-state index in [0.717, 1.165) is 5.92 Å². The fraction of sp³-hybridized carbons (Fsp3) is 1.00. The molecule has 0 amide bonds. The predicted molar refractivity (Wildman–Crippen MR) is 35.6 cm³/mol. The Bertz CT molecular complexity index is 64.8. The summed E-state index contributed by atoms with van der Waals surface area (Å²) < 4.78 is 0. The summed E-state index contributed by atoms with van der Waals surface area (Å²) in [6, 6.07) is 0.431. The van der Waals surface area contributed by atoms with Crippen LogP contribution in [0.4, 0.5) is 0 Å². The van der Waals surface area contributed by atoms with Crippen molar-refractivity contribution >= 4 is 0 Å². The highest BCUT2D eigenvalue weighted by atomic mass is 14.6. The van der Waals surface area contributed by atoms with Crippen molar-refractivity contribution in [2.45, 2.75) is 38.6 Å². The van der Waals surface area contributed by atoms with E-state index >= 15 is 0 Å². The van der Waals surface area contributed by atoms with Gasteiger partial charge < -0.3 is 5.73 Å². The molecule has 0 heterocycles. The number of hydrogen-bond acceptors (Lipinski definition) is 1. The molecule has 1 fully saturated rings. The van der Waals surface area contributed by atoms with Crippen LogP contribution in [-0.4, -0.2) is 6.04 Å². The van der Waals surface area contributed by atoms with Crippen LogP contribution in [-0.2, 0) is 0 Å². The number of rotatable bonds is 2. The molecular formula is C7H15N. The maximum atomic E-state index is 5.60. The molecule has 48 valence electrons. The lowest BCUT2D eigenvalue weighted by Crippen LogP contribution is -2.23. The van der Waals surface area contributed by atoms with Crippen molar-refractivity contribution in [3.05, 3.63) is 0 Å². The zero-order valence-electron chi connectivity index (χ0n) is 5.56. The van der Waals surface area contributed by atoms with Crippen molar-refractivity contribution in [3.63, 3.8) is 0 Å². The van der Waals surface area contributed by atoms with E-state index in [4.69, 9.17) is 5.73 Å². The van der Waals surface area contributed by atoms with E-state index in [2.05, 4.69) is 6.92 Å². The first-order valence-corrected chi connectivity index (χ1v) is 3.54. The van der Waals surface area contributed by atoms with Crippen molar-refractivity contribution in [1.29, 1.82) is 0 Å². The Morgan fingerprint density at radius 1 is 1.62 bits per heavy atom. The summed E-state index contributed by atoms with van der Waals surface area (Å²) in [5.74, 6) is 0.981. The van der Waals surface area contributed by atoms with Crippen LogP contribution in [0.3, 0.4) is 0 Å². The monoisotopic (exact) mass is 113 g/mol. The van der Waals surface area contributed by atoms with Gasteiger partial charge in [0.05, 0.1) is 0 Å². The zero-order chi connectivity index (χ0) is 5.98. The van der Waals surface area contributed by atoms with Gasteiger partial charge in [-0.3, -0.25) is 0 Å². The molecule has 0 bridgehead atoms. The molecule has 0 radical (unpaired) electrons. The van der Waals surface area contributed by atoms with Gasteiger partial charge in [0, 0.05) is 6.04 Å². The largest absolute Gasteiger partial charge is 0.328 e. The van der Waals surface area contributed by atoms with Gasteiger partial charge in [0.2, 0.25) is 0 Å². The summed E-state index contributed by atoms with van der Waals surface area (Å²) in [6.45, 7) is 2.10. The molecule has 8 heavy (non-hydrogen) atoms. The summed E-state index contributed by atoms with van der Waals surface area (Å²) in [5, 5.41) is 0. The van der Waals surface area contributed by atoms with E-state index in [9.17, 15) is 0 Å². The van der Waals surface area contributed by atoms with Crippen LogP contribution < -0.4 is 5.73 Å². The van der Waals surface area contributed by atoms with Gasteiger partial charge in [0.15, 0.2) is 0 Å². The van der Waals surface area contributed by atoms with E-state index in [1.165, 1.54) is 25.7 Å². The smallest absolute Gasteiger partial charge is 0.00131 e. The third-order valence-corrected chi connectivity index (χ3v) is 1.93. The summed E-state index contributed by atoms with van der Waals surface area (Å²) in [5.41, 5.74) is 5.60. The third-order valence-electron chi connectivity index (χ3n) is 1.93. The van der Waals surface area contributed by atoms with Crippen LogP contribution in [0.25, 0.3) is 0 Å². The van der Waals surface area contributed by atoms with E-state index < -0.39 is 0 Å². The second-order valence-corrected chi connectivity index (χ2v) is 3.01. The molecule has 2 N–H and O–H groups in total. The topological polar surface area (TPSA) is 26.0 Å². The normalized spacial score (nSPS) is 24.8. The number of nitrogens with two attached hydrogens (primary N) is 1. The van der Waals surface area contributed by atoms with Gasteiger partial charge in [-0.2, -0.15) is 0 Å². The standard InChI is InChI=1S/C7H15N/c1-6(8)5-7-3-2-4-7/h6-7H,2-5,8H2,1H3. The first-order chi connectivity index (χ1) is 3.79. The zero-order valence-corrected chi connectivity index (χ0v) is 5.56. The highest BCUT2D eigenvalue weighted by Gasteiger charge is 2.17. The highest BCUT2D eigenvalue weighted by Crippen LogP contribution is 2.29. The van der Waals surface area contributed by atoms with E-state index in [1.807, 2.05) is 0 Å². The maximum Gasteiger partial charge on any atom is 0.00131 e. The highest BCUT2D eigenvalue weighted by molar-refractivity contribution is 4.72. The molecular weight excluding hydrogens is 98.1 g/mol. The fourth-order valence-corrected chi connectivity index (χ4v) is 1.25. The average Bonchev–Trinajstić information content (AvgIpc) is 1.55. The molecule has 1 saturated carbocycles. The molecule has 0 aromatic carbocycles. The number of hydrogen-bond donors (Lipinski definition) is 1. The molecule has 1 heteroatoms. The molecule has 1 aliphatic rings. The Morgan fingerprint density at radius 2 is 2.25 bits per heavy atom. The predicted octanol–water partition coefficient (Wildman–Crippen LogP) is 1.52. The first-order valence-electron chi connectivity index (χ1n) is 3.54. The van der Waals surface area contributed by atoms with Gasteiger partial charge in [-0.1, -0.05) is 19.3 Å². The van der Waals surface area contributed by atoms with Gasteiger partial charge >= 0.3 is 0 Å². The van der Waals surface area contributed by atoms with E-state index in [0.29, 0.717) is 6.04 Å². The minimum Gasteiger partial charge on any atom is -0.328 e. The van der Waals surface area contributed by atoms with Crippen LogP contribution in [0.15, 0.2) is 0 Å². The van der Waals surface area contributed by atoms with Gasteiger partial charge in [-0.15, -0.1) is 0 Å². The molecule has 1 aliphatic carbocycles.